The van der Waals surface area contributed by atoms with Gasteiger partial charge < -0.3 is 10.2 Å². The lowest BCUT2D eigenvalue weighted by molar-refractivity contribution is -0.138. The van der Waals surface area contributed by atoms with Gasteiger partial charge in [0.2, 0.25) is 11.8 Å². The number of rotatable bonds is 4. The first-order chi connectivity index (χ1) is 11.6. The van der Waals surface area contributed by atoms with Crippen LogP contribution in [0.25, 0.3) is 0 Å². The molecule has 1 aliphatic rings. The van der Waals surface area contributed by atoms with Gasteiger partial charge >= 0.3 is 0 Å². The van der Waals surface area contributed by atoms with Gasteiger partial charge in [-0.1, -0.05) is 42.5 Å². The van der Waals surface area contributed by atoms with Crippen LogP contribution in [-0.2, 0) is 9.59 Å². The Balaban J connectivity index is 2.02. The Morgan fingerprint density at radius 3 is 2.50 bits per heavy atom. The molecular weight excluding hydrogens is 327 g/mol. The highest BCUT2D eigenvalue weighted by Crippen LogP contribution is 2.43. The molecule has 2 aromatic carbocycles. The molecule has 1 heterocycles. The average Bonchev–Trinajstić information content (AvgIpc) is 2.98. The molecule has 6 heteroatoms. The standard InChI is InChI=1S/C18H17FN2O2S/c1-20-17(23)16(12-5-3-2-4-6-12)21-15(22)11-24-18(21)13-7-9-14(19)10-8-13/h2-10,16,18H,11H2,1H3,(H,20,23)/t16-,18+/m0/s1. The molecule has 1 aliphatic heterocycles. The summed E-state index contributed by atoms with van der Waals surface area (Å²) in [5.41, 5.74) is 1.55. The van der Waals surface area contributed by atoms with Gasteiger partial charge in [0.1, 0.15) is 17.2 Å². The number of amides is 2. The minimum absolute atomic E-state index is 0.105. The van der Waals surface area contributed by atoms with E-state index < -0.39 is 6.04 Å². The van der Waals surface area contributed by atoms with Crippen molar-refractivity contribution in [1.82, 2.24) is 10.2 Å². The van der Waals surface area contributed by atoms with E-state index in [0.717, 1.165) is 11.1 Å². The number of thioether (sulfide) groups is 1. The fourth-order valence-corrected chi connectivity index (χ4v) is 4.01. The second-order valence-electron chi connectivity index (χ2n) is 5.44. The summed E-state index contributed by atoms with van der Waals surface area (Å²) in [6, 6.07) is 14.5. The Morgan fingerprint density at radius 1 is 1.21 bits per heavy atom. The zero-order valence-electron chi connectivity index (χ0n) is 13.1. The number of nitrogens with zero attached hydrogens (tertiary/aromatic N) is 1. The van der Waals surface area contributed by atoms with E-state index in [-0.39, 0.29) is 23.0 Å². The van der Waals surface area contributed by atoms with Crippen molar-refractivity contribution in [3.05, 3.63) is 71.5 Å². The van der Waals surface area contributed by atoms with Crippen LogP contribution in [-0.4, -0.2) is 29.5 Å². The maximum Gasteiger partial charge on any atom is 0.247 e. The van der Waals surface area contributed by atoms with Gasteiger partial charge in [-0.25, -0.2) is 4.39 Å². The van der Waals surface area contributed by atoms with Crippen molar-refractivity contribution in [2.75, 3.05) is 12.8 Å². The molecule has 2 amide bonds. The fraction of sp³-hybridized carbons (Fsp3) is 0.222. The Kier molecular flexibility index (Phi) is 4.85. The monoisotopic (exact) mass is 344 g/mol. The fourth-order valence-electron chi connectivity index (χ4n) is 2.81. The molecule has 1 saturated heterocycles. The lowest BCUT2D eigenvalue weighted by atomic mass is 10.0. The van der Waals surface area contributed by atoms with E-state index in [9.17, 15) is 14.0 Å². The molecule has 0 radical (unpaired) electrons. The van der Waals surface area contributed by atoms with Crippen molar-refractivity contribution < 1.29 is 14.0 Å². The van der Waals surface area contributed by atoms with Gasteiger partial charge in [-0.2, -0.15) is 0 Å². The zero-order valence-corrected chi connectivity index (χ0v) is 13.9. The number of carbonyl (C=O) groups is 2. The highest BCUT2D eigenvalue weighted by molar-refractivity contribution is 8.00. The molecule has 3 rings (SSSR count). The molecule has 1 fully saturated rings. The topological polar surface area (TPSA) is 49.4 Å². The van der Waals surface area contributed by atoms with Gasteiger partial charge in [0.05, 0.1) is 5.75 Å². The Morgan fingerprint density at radius 2 is 1.88 bits per heavy atom. The van der Waals surface area contributed by atoms with Crippen LogP contribution >= 0.6 is 11.8 Å². The van der Waals surface area contributed by atoms with Crippen LogP contribution in [0.1, 0.15) is 22.5 Å². The molecule has 24 heavy (non-hydrogen) atoms. The average molecular weight is 344 g/mol. The molecular formula is C18H17FN2O2S. The van der Waals surface area contributed by atoms with Crippen LogP contribution in [0.3, 0.4) is 0 Å². The molecule has 4 nitrogen and oxygen atoms in total. The lowest BCUT2D eigenvalue weighted by Gasteiger charge is -2.32. The van der Waals surface area contributed by atoms with E-state index in [4.69, 9.17) is 0 Å². The van der Waals surface area contributed by atoms with Crippen LogP contribution in [0.5, 0.6) is 0 Å². The van der Waals surface area contributed by atoms with Crippen molar-refractivity contribution in [3.8, 4) is 0 Å². The van der Waals surface area contributed by atoms with Gasteiger partial charge in [-0.3, -0.25) is 9.59 Å². The third kappa shape index (κ3) is 3.14. The summed E-state index contributed by atoms with van der Waals surface area (Å²) in [5, 5.41) is 2.32. The number of nitrogens with one attached hydrogen (secondary N) is 1. The molecule has 0 unspecified atom stereocenters. The Hall–Kier alpha value is -2.34. The Labute approximate surface area is 144 Å². The van der Waals surface area contributed by atoms with Crippen molar-refractivity contribution in [3.63, 3.8) is 0 Å². The molecule has 2 aromatic rings. The highest BCUT2D eigenvalue weighted by Gasteiger charge is 2.41. The van der Waals surface area contributed by atoms with Crippen LogP contribution in [0.2, 0.25) is 0 Å². The molecule has 0 aromatic heterocycles. The molecule has 0 spiro atoms. The zero-order chi connectivity index (χ0) is 17.1. The summed E-state index contributed by atoms with van der Waals surface area (Å²) in [5.74, 6) is -0.385. The maximum atomic E-state index is 13.2. The predicted molar refractivity (Wildman–Crippen MR) is 91.7 cm³/mol. The van der Waals surface area contributed by atoms with Crippen LogP contribution in [0.4, 0.5) is 4.39 Å². The number of carbonyl (C=O) groups excluding carboxylic acids is 2. The third-order valence-electron chi connectivity index (χ3n) is 3.95. The van der Waals surface area contributed by atoms with E-state index in [2.05, 4.69) is 5.32 Å². The largest absolute Gasteiger partial charge is 0.357 e. The second-order valence-corrected chi connectivity index (χ2v) is 6.51. The van der Waals surface area contributed by atoms with Gasteiger partial charge in [0.25, 0.3) is 0 Å². The first-order valence-electron chi connectivity index (χ1n) is 7.56. The van der Waals surface area contributed by atoms with E-state index in [1.165, 1.54) is 23.9 Å². The van der Waals surface area contributed by atoms with E-state index in [1.807, 2.05) is 30.3 Å². The van der Waals surface area contributed by atoms with Crippen LogP contribution in [0.15, 0.2) is 54.6 Å². The summed E-state index contributed by atoms with van der Waals surface area (Å²) >= 11 is 1.44. The smallest absolute Gasteiger partial charge is 0.247 e. The number of hydrogen-bond donors (Lipinski definition) is 1. The summed E-state index contributed by atoms with van der Waals surface area (Å²) in [7, 11) is 1.55. The molecule has 124 valence electrons. The third-order valence-corrected chi connectivity index (χ3v) is 5.18. The van der Waals surface area contributed by atoms with E-state index >= 15 is 0 Å². The molecule has 1 N–H and O–H groups in total. The van der Waals surface area contributed by atoms with Gasteiger partial charge in [0.15, 0.2) is 0 Å². The van der Waals surface area contributed by atoms with Gasteiger partial charge in [-0.15, -0.1) is 11.8 Å². The van der Waals surface area contributed by atoms with Crippen LogP contribution < -0.4 is 5.32 Å². The Bertz CT molecular complexity index is 736. The van der Waals surface area contributed by atoms with Gasteiger partial charge in [-0.05, 0) is 23.3 Å². The minimum Gasteiger partial charge on any atom is -0.357 e. The summed E-state index contributed by atoms with van der Waals surface area (Å²) in [4.78, 5) is 26.6. The molecule has 2 atom stereocenters. The highest BCUT2D eigenvalue weighted by atomic mass is 32.2. The van der Waals surface area contributed by atoms with Crippen molar-refractivity contribution in [2.45, 2.75) is 11.4 Å². The van der Waals surface area contributed by atoms with Crippen molar-refractivity contribution in [2.24, 2.45) is 0 Å². The number of benzene rings is 2. The minimum atomic E-state index is -0.714. The van der Waals surface area contributed by atoms with Crippen LogP contribution in [0, 0.1) is 5.82 Å². The molecule has 0 aliphatic carbocycles. The number of halogens is 1. The second kappa shape index (κ2) is 7.05. The summed E-state index contributed by atoms with van der Waals surface area (Å²) in [6.45, 7) is 0. The number of hydrogen-bond acceptors (Lipinski definition) is 3. The van der Waals surface area contributed by atoms with E-state index in [0.29, 0.717) is 5.75 Å². The summed E-state index contributed by atoms with van der Waals surface area (Å²) < 4.78 is 13.2. The molecule has 0 bridgehead atoms. The predicted octanol–water partition coefficient (Wildman–Crippen LogP) is 2.89. The SMILES string of the molecule is CNC(=O)[C@H](c1ccccc1)N1C(=O)CS[C@@H]1c1ccc(F)cc1. The quantitative estimate of drug-likeness (QED) is 0.928. The number of likely N-dealkylation sites (N-methyl/N-ethyl adjacent to an activating group) is 1. The van der Waals surface area contributed by atoms with Gasteiger partial charge in [0, 0.05) is 7.05 Å². The lowest BCUT2D eigenvalue weighted by Crippen LogP contribution is -2.41. The van der Waals surface area contributed by atoms with E-state index in [1.54, 1.807) is 24.1 Å². The van der Waals surface area contributed by atoms with Crippen molar-refractivity contribution in [1.29, 1.82) is 0 Å². The van der Waals surface area contributed by atoms with Crippen molar-refractivity contribution >= 4 is 23.6 Å². The normalized spacial score (nSPS) is 18.5. The summed E-state index contributed by atoms with van der Waals surface area (Å²) in [6.07, 6.45) is 0. The maximum absolute atomic E-state index is 13.2. The molecule has 0 saturated carbocycles. The first-order valence-corrected chi connectivity index (χ1v) is 8.61. The first kappa shape index (κ1) is 16.5.